The van der Waals surface area contributed by atoms with Crippen LogP contribution in [0.4, 0.5) is 11.4 Å². The van der Waals surface area contributed by atoms with Crippen molar-refractivity contribution in [3.8, 4) is 0 Å². The Balaban J connectivity index is 1.48. The molecule has 0 aliphatic carbocycles. The van der Waals surface area contributed by atoms with Crippen LogP contribution in [0.25, 0.3) is 0 Å². The molecule has 0 bridgehead atoms. The van der Waals surface area contributed by atoms with Crippen molar-refractivity contribution < 1.29 is 9.53 Å². The number of nitrogens with one attached hydrogen (secondary N) is 1. The van der Waals surface area contributed by atoms with E-state index in [-0.39, 0.29) is 5.91 Å². The van der Waals surface area contributed by atoms with Gasteiger partial charge in [0.05, 0.1) is 19.8 Å². The molecule has 0 radical (unpaired) electrons. The third-order valence-electron chi connectivity index (χ3n) is 4.31. The van der Waals surface area contributed by atoms with Crippen LogP contribution in [0.15, 0.2) is 53.0 Å². The van der Waals surface area contributed by atoms with Crippen molar-refractivity contribution in [2.75, 3.05) is 50.1 Å². The van der Waals surface area contributed by atoms with Crippen LogP contribution in [0.1, 0.15) is 5.56 Å². The third kappa shape index (κ3) is 5.56. The largest absolute Gasteiger partial charge is 0.378 e. The number of hydrogen-bond acceptors (Lipinski definition) is 4. The summed E-state index contributed by atoms with van der Waals surface area (Å²) >= 11 is 3.43. The molecule has 1 saturated heterocycles. The number of rotatable bonds is 6. The molecule has 2 aromatic carbocycles. The third-order valence-corrected chi connectivity index (χ3v) is 4.84. The smallest absolute Gasteiger partial charge is 0.238 e. The average molecular weight is 418 g/mol. The molecule has 138 valence electrons. The second kappa shape index (κ2) is 9.16. The zero-order valence-corrected chi connectivity index (χ0v) is 16.5. The number of hydrogen-bond donors (Lipinski definition) is 1. The lowest BCUT2D eigenvalue weighted by atomic mass is 10.2. The molecule has 1 amide bonds. The van der Waals surface area contributed by atoms with Crippen LogP contribution in [0.5, 0.6) is 0 Å². The molecule has 1 N–H and O–H groups in total. The molecule has 5 nitrogen and oxygen atoms in total. The van der Waals surface area contributed by atoms with Gasteiger partial charge < -0.3 is 15.0 Å². The summed E-state index contributed by atoms with van der Waals surface area (Å²) in [5.41, 5.74) is 3.17. The van der Waals surface area contributed by atoms with Crippen LogP contribution in [-0.4, -0.2) is 50.7 Å². The zero-order chi connectivity index (χ0) is 18.4. The molecule has 0 spiro atoms. The lowest BCUT2D eigenvalue weighted by Crippen LogP contribution is -2.36. The summed E-state index contributed by atoms with van der Waals surface area (Å²) in [7, 11) is 1.95. The summed E-state index contributed by atoms with van der Waals surface area (Å²) in [6.07, 6.45) is 0. The number of carbonyl (C=O) groups is 1. The fourth-order valence-electron chi connectivity index (χ4n) is 2.98. The lowest BCUT2D eigenvalue weighted by Gasteiger charge is -2.28. The Kier molecular flexibility index (Phi) is 6.66. The first-order valence-corrected chi connectivity index (χ1v) is 9.55. The number of benzene rings is 2. The molecular formula is C20H24BrN3O2. The second-order valence-electron chi connectivity index (χ2n) is 6.49. The lowest BCUT2D eigenvalue weighted by molar-refractivity contribution is -0.117. The topological polar surface area (TPSA) is 44.8 Å². The van der Waals surface area contributed by atoms with E-state index in [9.17, 15) is 4.79 Å². The van der Waals surface area contributed by atoms with Gasteiger partial charge in [-0.05, 0) is 49.0 Å². The number of amides is 1. The van der Waals surface area contributed by atoms with Gasteiger partial charge in [-0.25, -0.2) is 0 Å². The predicted octanol–water partition coefficient (Wildman–Crippen LogP) is 3.36. The van der Waals surface area contributed by atoms with Gasteiger partial charge in [0.2, 0.25) is 5.91 Å². The van der Waals surface area contributed by atoms with Gasteiger partial charge in [-0.2, -0.15) is 0 Å². The molecule has 3 rings (SSSR count). The Morgan fingerprint density at radius 1 is 1.12 bits per heavy atom. The van der Waals surface area contributed by atoms with E-state index < -0.39 is 0 Å². The summed E-state index contributed by atoms with van der Waals surface area (Å²) in [4.78, 5) is 16.6. The van der Waals surface area contributed by atoms with Gasteiger partial charge in [-0.15, -0.1) is 0 Å². The SMILES string of the molecule is CN(CC(=O)Nc1ccc(N2CCOCC2)cc1)Cc1ccc(Br)cc1. The van der Waals surface area contributed by atoms with Crippen LogP contribution in [-0.2, 0) is 16.1 Å². The van der Waals surface area contributed by atoms with Crippen LogP contribution in [0.3, 0.4) is 0 Å². The van der Waals surface area contributed by atoms with Gasteiger partial charge in [-0.3, -0.25) is 9.69 Å². The minimum absolute atomic E-state index is 0.0104. The number of anilines is 2. The summed E-state index contributed by atoms with van der Waals surface area (Å²) in [5.74, 6) is -0.0104. The van der Waals surface area contributed by atoms with Crippen LogP contribution >= 0.6 is 15.9 Å². The van der Waals surface area contributed by atoms with E-state index in [4.69, 9.17) is 4.74 Å². The zero-order valence-electron chi connectivity index (χ0n) is 15.0. The van der Waals surface area contributed by atoms with Crippen molar-refractivity contribution in [3.63, 3.8) is 0 Å². The molecule has 6 heteroatoms. The van der Waals surface area contributed by atoms with Gasteiger partial charge in [0.1, 0.15) is 0 Å². The molecular weight excluding hydrogens is 394 g/mol. The number of nitrogens with zero attached hydrogens (tertiary/aromatic N) is 2. The minimum Gasteiger partial charge on any atom is -0.378 e. The van der Waals surface area contributed by atoms with E-state index in [2.05, 4.69) is 38.3 Å². The molecule has 1 aliphatic heterocycles. The summed E-state index contributed by atoms with van der Waals surface area (Å²) < 4.78 is 6.43. The van der Waals surface area contributed by atoms with Crippen molar-refractivity contribution in [3.05, 3.63) is 58.6 Å². The van der Waals surface area contributed by atoms with Crippen LogP contribution in [0.2, 0.25) is 0 Å². The quantitative estimate of drug-likeness (QED) is 0.782. The Morgan fingerprint density at radius 2 is 1.77 bits per heavy atom. The molecule has 26 heavy (non-hydrogen) atoms. The fourth-order valence-corrected chi connectivity index (χ4v) is 3.24. The number of morpholine rings is 1. The number of halogens is 1. The van der Waals surface area contributed by atoms with E-state index in [1.54, 1.807) is 0 Å². The van der Waals surface area contributed by atoms with E-state index in [0.29, 0.717) is 6.54 Å². The van der Waals surface area contributed by atoms with Crippen molar-refractivity contribution in [1.29, 1.82) is 0 Å². The van der Waals surface area contributed by atoms with Gasteiger partial charge in [-0.1, -0.05) is 28.1 Å². The molecule has 0 saturated carbocycles. The Labute approximate surface area is 163 Å². The predicted molar refractivity (Wildman–Crippen MR) is 109 cm³/mol. The summed E-state index contributed by atoms with van der Waals surface area (Å²) in [6.45, 7) is 4.43. The van der Waals surface area contributed by atoms with E-state index in [0.717, 1.165) is 43.0 Å². The van der Waals surface area contributed by atoms with E-state index in [1.165, 1.54) is 11.3 Å². The number of likely N-dealkylation sites (N-methyl/N-ethyl adjacent to an activating group) is 1. The fraction of sp³-hybridized carbons (Fsp3) is 0.350. The first-order valence-electron chi connectivity index (χ1n) is 8.76. The highest BCUT2D eigenvalue weighted by Crippen LogP contribution is 2.19. The normalized spacial score (nSPS) is 14.5. The first-order chi connectivity index (χ1) is 12.6. The molecule has 0 unspecified atom stereocenters. The molecule has 1 fully saturated rings. The minimum atomic E-state index is -0.0104. The van der Waals surface area contributed by atoms with Crippen LogP contribution in [0, 0.1) is 0 Å². The van der Waals surface area contributed by atoms with Crippen molar-refractivity contribution >= 4 is 33.2 Å². The molecule has 1 aliphatic rings. The van der Waals surface area contributed by atoms with Gasteiger partial charge in [0.15, 0.2) is 0 Å². The van der Waals surface area contributed by atoms with Crippen molar-refractivity contribution in [1.82, 2.24) is 4.90 Å². The summed E-state index contributed by atoms with van der Waals surface area (Å²) in [5, 5.41) is 2.97. The highest BCUT2D eigenvalue weighted by Gasteiger charge is 2.12. The van der Waals surface area contributed by atoms with E-state index >= 15 is 0 Å². The van der Waals surface area contributed by atoms with Gasteiger partial charge in [0, 0.05) is 35.5 Å². The number of carbonyl (C=O) groups excluding carboxylic acids is 1. The highest BCUT2D eigenvalue weighted by atomic mass is 79.9. The molecule has 0 atom stereocenters. The van der Waals surface area contributed by atoms with Crippen molar-refractivity contribution in [2.24, 2.45) is 0 Å². The monoisotopic (exact) mass is 417 g/mol. The maximum Gasteiger partial charge on any atom is 0.238 e. The maximum atomic E-state index is 12.3. The Hall–Kier alpha value is -1.89. The maximum absolute atomic E-state index is 12.3. The van der Waals surface area contributed by atoms with Crippen LogP contribution < -0.4 is 10.2 Å². The van der Waals surface area contributed by atoms with Gasteiger partial charge >= 0.3 is 0 Å². The standard InChI is InChI=1S/C20H24BrN3O2/c1-23(14-16-2-4-17(21)5-3-16)15-20(25)22-18-6-8-19(9-7-18)24-10-12-26-13-11-24/h2-9H,10-15H2,1H3,(H,22,25). The molecule has 1 heterocycles. The number of ether oxygens (including phenoxy) is 1. The molecule has 2 aromatic rings. The Morgan fingerprint density at radius 3 is 2.42 bits per heavy atom. The highest BCUT2D eigenvalue weighted by molar-refractivity contribution is 9.10. The first kappa shape index (κ1) is 18.9. The molecule has 0 aromatic heterocycles. The van der Waals surface area contributed by atoms with E-state index in [1.807, 2.05) is 48.3 Å². The second-order valence-corrected chi connectivity index (χ2v) is 7.41. The summed E-state index contributed by atoms with van der Waals surface area (Å²) in [6, 6.07) is 16.2. The van der Waals surface area contributed by atoms with Gasteiger partial charge in [0.25, 0.3) is 0 Å². The Bertz CT molecular complexity index is 713. The average Bonchev–Trinajstić information content (AvgIpc) is 2.65. The van der Waals surface area contributed by atoms with Crippen molar-refractivity contribution in [2.45, 2.75) is 6.54 Å².